The molecule has 5 aromatic rings. The lowest BCUT2D eigenvalue weighted by Gasteiger charge is -2.25. The molecule has 0 atom stereocenters. The van der Waals surface area contributed by atoms with E-state index in [1.165, 1.54) is 0 Å². The summed E-state index contributed by atoms with van der Waals surface area (Å²) in [6.07, 6.45) is 0. The number of aromatic nitrogens is 2. The number of hydrogen-bond donors (Lipinski definition) is 2. The van der Waals surface area contributed by atoms with Crippen LogP contribution >= 0.6 is 0 Å². The van der Waals surface area contributed by atoms with Gasteiger partial charge in [-0.25, -0.2) is 19.6 Å². The summed E-state index contributed by atoms with van der Waals surface area (Å²) in [6, 6.07) is 29.2. The van der Waals surface area contributed by atoms with Gasteiger partial charge in [0.2, 0.25) is 0 Å². The summed E-state index contributed by atoms with van der Waals surface area (Å²) in [5.41, 5.74) is 7.50. The standard InChI is InChI=1S/C42H46N4O8/c1-51-25-21-45(22-26-52-2)35-17-13-31(14-18-35)39-37(29-5-9-33(10-6-29)41(47)48)44-40(38(43-39)30-7-11-34(12-8-30)42(49)50)32-15-19-36(20-16-32)46(23-27-53-3)24-28-54-4/h5-20H,21-28H2,1-4H3,(H,47,48)(H,49,50). The lowest BCUT2D eigenvalue weighted by atomic mass is 9.98. The molecule has 1 aromatic heterocycles. The fourth-order valence-corrected chi connectivity index (χ4v) is 5.99. The van der Waals surface area contributed by atoms with E-state index in [1.54, 1.807) is 77.0 Å². The number of aromatic carboxylic acids is 2. The average molecular weight is 735 g/mol. The largest absolute Gasteiger partial charge is 0.478 e. The molecule has 0 bridgehead atoms. The first kappa shape index (κ1) is 39.5. The van der Waals surface area contributed by atoms with Crippen LogP contribution < -0.4 is 9.80 Å². The van der Waals surface area contributed by atoms with Crippen LogP contribution in [-0.4, -0.2) is 113 Å². The van der Waals surface area contributed by atoms with E-state index in [9.17, 15) is 19.8 Å². The van der Waals surface area contributed by atoms with Crippen molar-refractivity contribution in [3.05, 3.63) is 108 Å². The predicted octanol–water partition coefficient (Wildman–Crippen LogP) is 6.74. The van der Waals surface area contributed by atoms with Crippen molar-refractivity contribution in [2.75, 3.05) is 90.8 Å². The SMILES string of the molecule is COCCN(CCOC)c1ccc(-c2nc(-c3ccc(C(=O)O)cc3)c(-c3ccc(N(CCOC)CCOC)cc3)nc2-c2ccc(C(=O)O)cc2)cc1. The van der Waals surface area contributed by atoms with Crippen molar-refractivity contribution in [3.8, 4) is 45.0 Å². The van der Waals surface area contributed by atoms with Crippen LogP contribution in [0.5, 0.6) is 0 Å². The highest BCUT2D eigenvalue weighted by molar-refractivity contribution is 5.91. The van der Waals surface area contributed by atoms with Gasteiger partial charge < -0.3 is 39.0 Å². The number of carboxylic acid groups (broad SMARTS) is 2. The molecule has 0 aliphatic rings. The zero-order valence-electron chi connectivity index (χ0n) is 31.0. The Balaban J connectivity index is 1.69. The van der Waals surface area contributed by atoms with E-state index in [0.717, 1.165) is 22.5 Å². The number of hydrogen-bond acceptors (Lipinski definition) is 10. The minimum absolute atomic E-state index is 0.155. The van der Waals surface area contributed by atoms with Gasteiger partial charge in [0.15, 0.2) is 0 Å². The molecule has 12 heteroatoms. The smallest absolute Gasteiger partial charge is 0.335 e. The van der Waals surface area contributed by atoms with Crippen LogP contribution in [0.2, 0.25) is 0 Å². The van der Waals surface area contributed by atoms with Crippen LogP contribution in [-0.2, 0) is 18.9 Å². The fraction of sp³-hybridized carbons (Fsp3) is 0.286. The van der Waals surface area contributed by atoms with Gasteiger partial charge in [-0.3, -0.25) is 0 Å². The van der Waals surface area contributed by atoms with E-state index in [0.29, 0.717) is 86.5 Å². The van der Waals surface area contributed by atoms with Crippen LogP contribution in [0, 0.1) is 0 Å². The monoisotopic (exact) mass is 734 g/mol. The molecule has 2 N–H and O–H groups in total. The Labute approximate surface area is 315 Å². The Bertz CT molecular complexity index is 1810. The van der Waals surface area contributed by atoms with Gasteiger partial charge in [-0.2, -0.15) is 0 Å². The molecular weight excluding hydrogens is 688 g/mol. The molecule has 0 amide bonds. The first-order chi connectivity index (χ1) is 26.3. The maximum atomic E-state index is 11.8. The molecule has 54 heavy (non-hydrogen) atoms. The first-order valence-electron chi connectivity index (χ1n) is 17.5. The molecule has 0 unspecified atom stereocenters. The van der Waals surface area contributed by atoms with Crippen molar-refractivity contribution in [2.45, 2.75) is 0 Å². The first-order valence-corrected chi connectivity index (χ1v) is 17.5. The Morgan fingerprint density at radius 3 is 0.907 bits per heavy atom. The molecule has 4 aromatic carbocycles. The van der Waals surface area contributed by atoms with Gasteiger partial charge in [-0.1, -0.05) is 48.5 Å². The highest BCUT2D eigenvalue weighted by Gasteiger charge is 2.21. The van der Waals surface area contributed by atoms with Gasteiger partial charge in [-0.15, -0.1) is 0 Å². The fourth-order valence-electron chi connectivity index (χ4n) is 5.99. The highest BCUT2D eigenvalue weighted by atomic mass is 16.5. The predicted molar refractivity (Wildman–Crippen MR) is 210 cm³/mol. The van der Waals surface area contributed by atoms with Crippen LogP contribution in [0.15, 0.2) is 97.1 Å². The molecule has 5 rings (SSSR count). The van der Waals surface area contributed by atoms with Gasteiger partial charge in [0.1, 0.15) is 0 Å². The highest BCUT2D eigenvalue weighted by Crippen LogP contribution is 2.38. The van der Waals surface area contributed by atoms with Gasteiger partial charge in [0.25, 0.3) is 0 Å². The summed E-state index contributed by atoms with van der Waals surface area (Å²) in [4.78, 5) is 38.4. The number of anilines is 2. The topological polar surface area (TPSA) is 144 Å². The Hall–Kier alpha value is -5.66. The van der Waals surface area contributed by atoms with Crippen molar-refractivity contribution < 1.29 is 38.7 Å². The Kier molecular flexibility index (Phi) is 14.2. The molecule has 282 valence electrons. The van der Waals surface area contributed by atoms with Crippen LogP contribution in [0.1, 0.15) is 20.7 Å². The lowest BCUT2D eigenvalue weighted by Crippen LogP contribution is -2.30. The zero-order chi connectivity index (χ0) is 38.5. The van der Waals surface area contributed by atoms with E-state index in [2.05, 4.69) is 9.80 Å². The molecule has 0 saturated heterocycles. The summed E-state index contributed by atoms with van der Waals surface area (Å²) < 4.78 is 21.4. The molecule has 0 fully saturated rings. The number of rotatable bonds is 20. The van der Waals surface area contributed by atoms with E-state index >= 15 is 0 Å². The minimum atomic E-state index is -1.03. The van der Waals surface area contributed by atoms with Crippen LogP contribution in [0.3, 0.4) is 0 Å². The summed E-state index contributed by atoms with van der Waals surface area (Å²) in [5.74, 6) is -2.05. The maximum absolute atomic E-state index is 11.8. The molecule has 0 spiro atoms. The second-order valence-corrected chi connectivity index (χ2v) is 12.4. The number of carbonyl (C=O) groups is 2. The van der Waals surface area contributed by atoms with E-state index < -0.39 is 11.9 Å². The normalized spacial score (nSPS) is 11.0. The molecule has 0 aliphatic carbocycles. The van der Waals surface area contributed by atoms with Gasteiger partial charge in [0.05, 0.1) is 60.3 Å². The third kappa shape index (κ3) is 9.85. The average Bonchev–Trinajstić information content (AvgIpc) is 3.21. The number of methoxy groups -OCH3 is 4. The third-order valence-electron chi connectivity index (χ3n) is 8.98. The lowest BCUT2D eigenvalue weighted by molar-refractivity contribution is 0.0686. The van der Waals surface area contributed by atoms with Gasteiger partial charge in [0, 0.05) is 88.2 Å². The molecule has 0 saturated carbocycles. The molecular formula is C42H46N4O8. The second-order valence-electron chi connectivity index (χ2n) is 12.4. The van der Waals surface area contributed by atoms with Crippen LogP contribution in [0.4, 0.5) is 11.4 Å². The van der Waals surface area contributed by atoms with E-state index in [4.69, 9.17) is 28.9 Å². The Morgan fingerprint density at radius 1 is 0.444 bits per heavy atom. The Morgan fingerprint density at radius 2 is 0.685 bits per heavy atom. The number of nitrogens with zero attached hydrogens (tertiary/aromatic N) is 4. The van der Waals surface area contributed by atoms with Crippen molar-refractivity contribution in [3.63, 3.8) is 0 Å². The summed E-state index contributed by atoms with van der Waals surface area (Å²) >= 11 is 0. The number of carboxylic acids is 2. The van der Waals surface area contributed by atoms with E-state index in [-0.39, 0.29) is 11.1 Å². The van der Waals surface area contributed by atoms with E-state index in [1.807, 2.05) is 48.5 Å². The molecule has 0 aliphatic heterocycles. The summed E-state index contributed by atoms with van der Waals surface area (Å²) in [7, 11) is 6.69. The van der Waals surface area contributed by atoms with Crippen molar-refractivity contribution >= 4 is 23.3 Å². The van der Waals surface area contributed by atoms with Gasteiger partial charge in [-0.05, 0) is 48.5 Å². The number of benzene rings is 4. The summed E-state index contributed by atoms with van der Waals surface area (Å²) in [5, 5.41) is 19.2. The second kappa shape index (κ2) is 19.4. The third-order valence-corrected chi connectivity index (χ3v) is 8.98. The number of ether oxygens (including phenoxy) is 4. The summed E-state index contributed by atoms with van der Waals surface area (Å²) in [6.45, 7) is 4.94. The minimum Gasteiger partial charge on any atom is -0.478 e. The quantitative estimate of drug-likeness (QED) is 0.0874. The van der Waals surface area contributed by atoms with Crippen molar-refractivity contribution in [1.29, 1.82) is 0 Å². The maximum Gasteiger partial charge on any atom is 0.335 e. The molecule has 12 nitrogen and oxygen atoms in total. The van der Waals surface area contributed by atoms with Gasteiger partial charge >= 0.3 is 11.9 Å². The van der Waals surface area contributed by atoms with Crippen molar-refractivity contribution in [1.82, 2.24) is 9.97 Å². The molecule has 0 radical (unpaired) electrons. The zero-order valence-corrected chi connectivity index (χ0v) is 31.0. The molecule has 1 heterocycles. The van der Waals surface area contributed by atoms with Crippen molar-refractivity contribution in [2.24, 2.45) is 0 Å². The van der Waals surface area contributed by atoms with Crippen LogP contribution in [0.25, 0.3) is 45.0 Å².